The molecule has 16 heavy (non-hydrogen) atoms. The molecule has 1 unspecified atom stereocenters. The van der Waals surface area contributed by atoms with Crippen molar-refractivity contribution in [2.24, 2.45) is 11.1 Å². The van der Waals surface area contributed by atoms with Crippen molar-refractivity contribution in [1.29, 1.82) is 0 Å². The van der Waals surface area contributed by atoms with Crippen molar-refractivity contribution in [2.45, 2.75) is 47.1 Å². The quantitative estimate of drug-likeness (QED) is 0.852. The molecule has 1 atom stereocenters. The fraction of sp³-hybridized carbons (Fsp3) is 0.750. The highest BCUT2D eigenvalue weighted by atomic mass is 32.1. The Labute approximate surface area is 102 Å². The highest BCUT2D eigenvalue weighted by Crippen LogP contribution is 2.28. The van der Waals surface area contributed by atoms with Gasteiger partial charge in [0.1, 0.15) is 0 Å². The molecule has 0 bridgehead atoms. The summed E-state index contributed by atoms with van der Waals surface area (Å²) < 4.78 is 0. The number of aryl methyl sites for hydroxylation is 2. The zero-order valence-corrected chi connectivity index (χ0v) is 11.7. The third-order valence-corrected chi connectivity index (χ3v) is 3.83. The van der Waals surface area contributed by atoms with E-state index in [0.717, 1.165) is 17.2 Å². The molecule has 0 aliphatic carbocycles. The lowest BCUT2D eigenvalue weighted by Gasteiger charge is -2.31. The Bertz CT molecular complexity index is 319. The lowest BCUT2D eigenvalue weighted by Crippen LogP contribution is -2.35. The van der Waals surface area contributed by atoms with Crippen molar-refractivity contribution in [3.63, 3.8) is 0 Å². The average molecular weight is 241 g/mol. The van der Waals surface area contributed by atoms with E-state index in [1.165, 1.54) is 4.88 Å². The molecule has 0 radical (unpaired) electrons. The molecule has 0 aliphatic rings. The largest absolute Gasteiger partial charge is 0.358 e. The monoisotopic (exact) mass is 241 g/mol. The lowest BCUT2D eigenvalue weighted by molar-refractivity contribution is 0.328. The summed E-state index contributed by atoms with van der Waals surface area (Å²) in [5, 5.41) is 4.53. The Balaban J connectivity index is 2.75. The second kappa shape index (κ2) is 5.15. The lowest BCUT2D eigenvalue weighted by atomic mass is 9.85. The molecule has 0 fully saturated rings. The maximum absolute atomic E-state index is 5.66. The Morgan fingerprint density at radius 1 is 1.38 bits per heavy atom. The fourth-order valence-corrected chi connectivity index (χ4v) is 2.44. The molecule has 1 rings (SSSR count). The van der Waals surface area contributed by atoms with Crippen LogP contribution in [-0.4, -0.2) is 17.6 Å². The number of nitrogens with one attached hydrogen (secondary N) is 1. The predicted molar refractivity (Wildman–Crippen MR) is 72.1 cm³/mol. The fourth-order valence-electron chi connectivity index (χ4n) is 1.57. The Kier molecular flexibility index (Phi) is 4.33. The summed E-state index contributed by atoms with van der Waals surface area (Å²) in [6, 6.07) is 0.377. The summed E-state index contributed by atoms with van der Waals surface area (Å²) in [6.07, 6.45) is 0.973. The maximum atomic E-state index is 5.66. The number of thiazole rings is 1. The number of rotatable bonds is 4. The van der Waals surface area contributed by atoms with Crippen LogP contribution in [0.4, 0.5) is 5.13 Å². The van der Waals surface area contributed by atoms with Gasteiger partial charge in [0, 0.05) is 10.9 Å². The van der Waals surface area contributed by atoms with Crippen molar-refractivity contribution in [1.82, 2.24) is 4.98 Å². The minimum atomic E-state index is 0.201. The second-order valence-corrected chi connectivity index (χ2v) is 6.50. The highest BCUT2D eigenvalue weighted by Gasteiger charge is 2.24. The normalized spacial score (nSPS) is 13.9. The summed E-state index contributed by atoms with van der Waals surface area (Å²) >= 11 is 1.72. The van der Waals surface area contributed by atoms with Crippen molar-refractivity contribution in [3.05, 3.63) is 10.6 Å². The molecule has 1 aromatic rings. The van der Waals surface area contributed by atoms with Gasteiger partial charge in [0.2, 0.25) is 0 Å². The van der Waals surface area contributed by atoms with Crippen molar-refractivity contribution >= 4 is 16.5 Å². The highest BCUT2D eigenvalue weighted by molar-refractivity contribution is 7.15. The molecule has 0 saturated heterocycles. The summed E-state index contributed by atoms with van der Waals surface area (Å²) in [6.45, 7) is 11.5. The number of nitrogens with zero attached hydrogens (tertiary/aromatic N) is 1. The summed E-state index contributed by atoms with van der Waals surface area (Å²) in [5.41, 5.74) is 6.98. The van der Waals surface area contributed by atoms with Crippen LogP contribution in [-0.2, 0) is 0 Å². The minimum absolute atomic E-state index is 0.201. The average Bonchev–Trinajstić information content (AvgIpc) is 2.44. The zero-order chi connectivity index (χ0) is 12.3. The van der Waals surface area contributed by atoms with Gasteiger partial charge in [-0.3, -0.25) is 0 Å². The maximum Gasteiger partial charge on any atom is 0.183 e. The molecule has 0 aliphatic heterocycles. The van der Waals surface area contributed by atoms with Crippen LogP contribution in [0, 0.1) is 19.3 Å². The van der Waals surface area contributed by atoms with Crippen molar-refractivity contribution in [3.8, 4) is 0 Å². The molecule has 3 nitrogen and oxygen atoms in total. The first-order chi connectivity index (χ1) is 7.34. The van der Waals surface area contributed by atoms with E-state index in [2.05, 4.69) is 38.0 Å². The number of hydrogen-bond acceptors (Lipinski definition) is 4. The van der Waals surface area contributed by atoms with Gasteiger partial charge < -0.3 is 11.1 Å². The van der Waals surface area contributed by atoms with Gasteiger partial charge in [-0.05, 0) is 32.2 Å². The first-order valence-corrected chi connectivity index (χ1v) is 6.57. The molecule has 0 spiro atoms. The third-order valence-electron chi connectivity index (χ3n) is 2.83. The Morgan fingerprint density at radius 3 is 2.38 bits per heavy atom. The SMILES string of the molecule is Cc1nc(NC(CCN)C(C)(C)C)sc1C. The van der Waals surface area contributed by atoms with Crippen LogP contribution in [0.5, 0.6) is 0 Å². The Hall–Kier alpha value is -0.610. The molecule has 3 N–H and O–H groups in total. The Morgan fingerprint density at radius 2 is 2.00 bits per heavy atom. The van der Waals surface area contributed by atoms with Crippen LogP contribution in [0.3, 0.4) is 0 Å². The standard InChI is InChI=1S/C12H23N3S/c1-8-9(2)16-11(14-8)15-10(6-7-13)12(3,4)5/h10H,6-7,13H2,1-5H3,(H,14,15). The van der Waals surface area contributed by atoms with E-state index in [9.17, 15) is 0 Å². The predicted octanol–water partition coefficient (Wildman–Crippen LogP) is 2.94. The summed E-state index contributed by atoms with van der Waals surface area (Å²) in [7, 11) is 0. The molecule has 0 saturated carbocycles. The van der Waals surface area contributed by atoms with Crippen LogP contribution < -0.4 is 11.1 Å². The van der Waals surface area contributed by atoms with Gasteiger partial charge in [-0.25, -0.2) is 4.98 Å². The first-order valence-electron chi connectivity index (χ1n) is 5.75. The van der Waals surface area contributed by atoms with Crippen molar-refractivity contribution in [2.75, 3.05) is 11.9 Å². The minimum Gasteiger partial charge on any atom is -0.358 e. The van der Waals surface area contributed by atoms with Gasteiger partial charge in [0.15, 0.2) is 5.13 Å². The van der Waals surface area contributed by atoms with E-state index in [1.54, 1.807) is 11.3 Å². The van der Waals surface area contributed by atoms with E-state index >= 15 is 0 Å². The van der Waals surface area contributed by atoms with E-state index < -0.39 is 0 Å². The molecular weight excluding hydrogens is 218 g/mol. The third kappa shape index (κ3) is 3.46. The van der Waals surface area contributed by atoms with Gasteiger partial charge in [-0.15, -0.1) is 11.3 Å². The van der Waals surface area contributed by atoms with Gasteiger partial charge in [-0.1, -0.05) is 20.8 Å². The van der Waals surface area contributed by atoms with E-state index in [-0.39, 0.29) is 5.41 Å². The van der Waals surface area contributed by atoms with Crippen LogP contribution >= 0.6 is 11.3 Å². The number of hydrogen-bond donors (Lipinski definition) is 2. The van der Waals surface area contributed by atoms with Crippen LogP contribution in [0.25, 0.3) is 0 Å². The number of nitrogens with two attached hydrogens (primary N) is 1. The van der Waals surface area contributed by atoms with Crippen LogP contribution in [0.15, 0.2) is 0 Å². The van der Waals surface area contributed by atoms with E-state index in [0.29, 0.717) is 12.6 Å². The number of aromatic nitrogens is 1. The number of anilines is 1. The van der Waals surface area contributed by atoms with Crippen molar-refractivity contribution < 1.29 is 0 Å². The van der Waals surface area contributed by atoms with Crippen LogP contribution in [0.2, 0.25) is 0 Å². The zero-order valence-electron chi connectivity index (χ0n) is 10.9. The van der Waals surface area contributed by atoms with Gasteiger partial charge >= 0.3 is 0 Å². The van der Waals surface area contributed by atoms with Crippen LogP contribution in [0.1, 0.15) is 37.8 Å². The first kappa shape index (κ1) is 13.5. The van der Waals surface area contributed by atoms with Gasteiger partial charge in [0.25, 0.3) is 0 Å². The molecule has 1 heterocycles. The molecule has 0 amide bonds. The molecule has 1 aromatic heterocycles. The summed E-state index contributed by atoms with van der Waals surface area (Å²) in [4.78, 5) is 5.79. The van der Waals surface area contributed by atoms with Gasteiger partial charge in [0.05, 0.1) is 5.69 Å². The molecular formula is C12H23N3S. The topological polar surface area (TPSA) is 50.9 Å². The molecule has 0 aromatic carbocycles. The summed E-state index contributed by atoms with van der Waals surface area (Å²) in [5.74, 6) is 0. The van der Waals surface area contributed by atoms with E-state index in [4.69, 9.17) is 5.73 Å². The second-order valence-electron chi connectivity index (χ2n) is 5.30. The molecule has 4 heteroatoms. The molecule has 92 valence electrons. The van der Waals surface area contributed by atoms with Gasteiger partial charge in [-0.2, -0.15) is 0 Å². The smallest absolute Gasteiger partial charge is 0.183 e. The van der Waals surface area contributed by atoms with E-state index in [1.807, 2.05) is 6.92 Å².